The van der Waals surface area contributed by atoms with Crippen molar-refractivity contribution in [3.05, 3.63) is 29.8 Å². The monoisotopic (exact) mass is 611 g/mol. The number of piperidine rings is 1. The SMILES string of the molecule is CCOC(=O)COc1ccc(C(=O)CN2CCN(C3CCN(C(=O)OC(OC(=O)CC)C(C)C)CC3)CC2=O)cc1.Cl. The van der Waals surface area contributed by atoms with Crippen molar-refractivity contribution < 1.29 is 42.9 Å². The van der Waals surface area contributed by atoms with Gasteiger partial charge in [-0.2, -0.15) is 0 Å². The number of likely N-dealkylation sites (tertiary alicyclic amines) is 1. The van der Waals surface area contributed by atoms with Crippen LogP contribution < -0.4 is 4.74 Å². The van der Waals surface area contributed by atoms with Crippen molar-refractivity contribution in [2.45, 2.75) is 59.3 Å². The number of carbonyl (C=O) groups is 5. The van der Waals surface area contributed by atoms with Crippen LogP contribution in [0.5, 0.6) is 5.75 Å². The lowest BCUT2D eigenvalue weighted by Crippen LogP contribution is -2.56. The Hall–Kier alpha value is -3.38. The van der Waals surface area contributed by atoms with E-state index >= 15 is 0 Å². The maximum Gasteiger partial charge on any atom is 0.412 e. The van der Waals surface area contributed by atoms with Gasteiger partial charge in [0.05, 0.1) is 19.7 Å². The van der Waals surface area contributed by atoms with Crippen LogP contribution in [0.3, 0.4) is 0 Å². The van der Waals surface area contributed by atoms with Gasteiger partial charge in [0.2, 0.25) is 5.91 Å². The molecule has 42 heavy (non-hydrogen) atoms. The minimum absolute atomic E-state index is 0. The van der Waals surface area contributed by atoms with Crippen LogP contribution in [-0.2, 0) is 28.6 Å². The van der Waals surface area contributed by atoms with Crippen molar-refractivity contribution in [2.75, 3.05) is 52.5 Å². The van der Waals surface area contributed by atoms with Crippen LogP contribution in [0.1, 0.15) is 57.3 Å². The maximum absolute atomic E-state index is 12.9. The van der Waals surface area contributed by atoms with E-state index < -0.39 is 24.3 Å². The number of carbonyl (C=O) groups excluding carboxylic acids is 5. The van der Waals surface area contributed by atoms with E-state index in [1.165, 1.54) is 0 Å². The van der Waals surface area contributed by atoms with Gasteiger partial charge >= 0.3 is 18.0 Å². The molecular formula is C29H42ClN3O9. The highest BCUT2D eigenvalue weighted by atomic mass is 35.5. The van der Waals surface area contributed by atoms with Crippen LogP contribution in [0.2, 0.25) is 0 Å². The molecule has 0 saturated carbocycles. The molecule has 2 saturated heterocycles. The fourth-order valence-corrected chi connectivity index (χ4v) is 4.65. The number of amides is 2. The average Bonchev–Trinajstić information content (AvgIpc) is 2.97. The quantitative estimate of drug-likeness (QED) is 0.197. The first-order valence-electron chi connectivity index (χ1n) is 14.2. The summed E-state index contributed by atoms with van der Waals surface area (Å²) in [6.07, 6.45) is 0.141. The summed E-state index contributed by atoms with van der Waals surface area (Å²) in [6, 6.07) is 6.57. The number of benzene rings is 1. The first-order valence-corrected chi connectivity index (χ1v) is 14.2. The van der Waals surface area contributed by atoms with Crippen molar-refractivity contribution >= 4 is 42.1 Å². The minimum atomic E-state index is -0.927. The standard InChI is InChI=1S/C29H41N3O9.ClH/c1-5-26(35)40-28(20(3)4)41-29(37)30-13-11-22(12-14-30)31-15-16-32(25(34)18-31)17-24(33)21-7-9-23(10-8-21)39-19-27(36)38-6-2;/h7-10,20,22,28H,5-6,11-19H2,1-4H3;1H. The molecule has 1 aromatic rings. The summed E-state index contributed by atoms with van der Waals surface area (Å²) in [5.41, 5.74) is 0.451. The van der Waals surface area contributed by atoms with E-state index in [0.717, 1.165) is 0 Å². The Labute approximate surface area is 253 Å². The average molecular weight is 612 g/mol. The van der Waals surface area contributed by atoms with E-state index in [0.29, 0.717) is 50.3 Å². The van der Waals surface area contributed by atoms with Crippen molar-refractivity contribution in [2.24, 2.45) is 5.92 Å². The Morgan fingerprint density at radius 1 is 0.929 bits per heavy atom. The number of Topliss-reactive ketones (excluding diaryl/α,β-unsaturated/α-hetero) is 1. The second-order valence-corrected chi connectivity index (χ2v) is 10.4. The van der Waals surface area contributed by atoms with Crippen molar-refractivity contribution in [1.29, 1.82) is 0 Å². The van der Waals surface area contributed by atoms with Crippen LogP contribution >= 0.6 is 12.4 Å². The van der Waals surface area contributed by atoms with Gasteiger partial charge in [0.15, 0.2) is 12.4 Å². The summed E-state index contributed by atoms with van der Waals surface area (Å²) in [5, 5.41) is 0. The topological polar surface area (TPSA) is 132 Å². The largest absolute Gasteiger partial charge is 0.482 e. The number of ether oxygens (including phenoxy) is 4. The number of esters is 2. The van der Waals surface area contributed by atoms with E-state index in [4.69, 9.17) is 18.9 Å². The van der Waals surface area contributed by atoms with Crippen molar-refractivity contribution in [1.82, 2.24) is 14.7 Å². The second kappa shape index (κ2) is 16.9. The molecule has 3 rings (SSSR count). The summed E-state index contributed by atoms with van der Waals surface area (Å²) >= 11 is 0. The van der Waals surface area contributed by atoms with Gasteiger partial charge in [-0.25, -0.2) is 9.59 Å². The van der Waals surface area contributed by atoms with E-state index in [2.05, 4.69) is 4.90 Å². The van der Waals surface area contributed by atoms with Crippen LogP contribution in [-0.4, -0.2) is 109 Å². The second-order valence-electron chi connectivity index (χ2n) is 10.4. The van der Waals surface area contributed by atoms with Gasteiger partial charge in [0, 0.05) is 50.1 Å². The summed E-state index contributed by atoms with van der Waals surface area (Å²) in [5.74, 6) is -0.908. The molecule has 1 aromatic carbocycles. The Morgan fingerprint density at radius 3 is 2.17 bits per heavy atom. The number of hydrogen-bond acceptors (Lipinski definition) is 10. The number of hydrogen-bond donors (Lipinski definition) is 0. The Balaban J connectivity index is 0.00000616. The molecule has 2 aliphatic heterocycles. The van der Waals surface area contributed by atoms with E-state index in [1.807, 2.05) is 13.8 Å². The highest BCUT2D eigenvalue weighted by molar-refractivity contribution is 5.99. The van der Waals surface area contributed by atoms with E-state index in [-0.39, 0.29) is 68.8 Å². The summed E-state index contributed by atoms with van der Waals surface area (Å²) < 4.78 is 20.9. The molecule has 2 amide bonds. The lowest BCUT2D eigenvalue weighted by Gasteiger charge is -2.42. The fourth-order valence-electron chi connectivity index (χ4n) is 4.65. The molecule has 13 heteroatoms. The molecule has 0 aromatic heterocycles. The summed E-state index contributed by atoms with van der Waals surface area (Å²) in [6.45, 7) is 9.32. The van der Waals surface area contributed by atoms with Gasteiger partial charge in [-0.3, -0.25) is 19.3 Å². The van der Waals surface area contributed by atoms with Gasteiger partial charge < -0.3 is 28.7 Å². The van der Waals surface area contributed by atoms with Crippen LogP contribution in [0.4, 0.5) is 4.79 Å². The van der Waals surface area contributed by atoms with Crippen LogP contribution in [0, 0.1) is 5.92 Å². The molecule has 0 radical (unpaired) electrons. The first kappa shape index (κ1) is 34.8. The third-order valence-corrected chi connectivity index (χ3v) is 7.06. The van der Waals surface area contributed by atoms with Gasteiger partial charge in [0.1, 0.15) is 5.75 Å². The van der Waals surface area contributed by atoms with Gasteiger partial charge in [0.25, 0.3) is 6.29 Å². The smallest absolute Gasteiger partial charge is 0.412 e. The highest BCUT2D eigenvalue weighted by Crippen LogP contribution is 2.21. The van der Waals surface area contributed by atoms with Gasteiger partial charge in [-0.05, 0) is 44.0 Å². The van der Waals surface area contributed by atoms with Gasteiger partial charge in [-0.15, -0.1) is 12.4 Å². The Bertz CT molecular complexity index is 1070. The third-order valence-electron chi connectivity index (χ3n) is 7.06. The lowest BCUT2D eigenvalue weighted by atomic mass is 10.0. The van der Waals surface area contributed by atoms with Gasteiger partial charge in [-0.1, -0.05) is 20.8 Å². The number of halogens is 1. The number of ketones is 1. The zero-order valence-corrected chi connectivity index (χ0v) is 25.6. The molecule has 0 aliphatic carbocycles. The van der Waals surface area contributed by atoms with E-state index in [1.54, 1.807) is 47.9 Å². The van der Waals surface area contributed by atoms with Crippen molar-refractivity contribution in [3.63, 3.8) is 0 Å². The highest BCUT2D eigenvalue weighted by Gasteiger charge is 2.34. The lowest BCUT2D eigenvalue weighted by molar-refractivity contribution is -0.176. The molecule has 2 aliphatic rings. The number of piperazine rings is 1. The molecule has 1 unspecified atom stereocenters. The third kappa shape index (κ3) is 10.2. The molecule has 1 atom stereocenters. The molecule has 2 fully saturated rings. The summed E-state index contributed by atoms with van der Waals surface area (Å²) in [4.78, 5) is 66.7. The number of rotatable bonds is 12. The summed E-state index contributed by atoms with van der Waals surface area (Å²) in [7, 11) is 0. The Kier molecular flexibility index (Phi) is 14.0. The molecule has 12 nitrogen and oxygen atoms in total. The normalized spacial score (nSPS) is 16.8. The molecule has 0 N–H and O–H groups in total. The zero-order chi connectivity index (χ0) is 29.9. The van der Waals surface area contributed by atoms with Crippen LogP contribution in [0.25, 0.3) is 0 Å². The molecular weight excluding hydrogens is 570 g/mol. The zero-order valence-electron chi connectivity index (χ0n) is 24.7. The predicted molar refractivity (Wildman–Crippen MR) is 154 cm³/mol. The van der Waals surface area contributed by atoms with Crippen molar-refractivity contribution in [3.8, 4) is 5.75 Å². The maximum atomic E-state index is 12.9. The minimum Gasteiger partial charge on any atom is -0.482 e. The number of nitrogens with zero attached hydrogens (tertiary/aromatic N) is 3. The first-order chi connectivity index (χ1) is 19.6. The fraction of sp³-hybridized carbons (Fsp3) is 0.621. The predicted octanol–water partition coefficient (Wildman–Crippen LogP) is 2.91. The molecule has 234 valence electrons. The Morgan fingerprint density at radius 2 is 1.60 bits per heavy atom. The molecule has 0 spiro atoms. The van der Waals surface area contributed by atoms with Crippen LogP contribution in [0.15, 0.2) is 24.3 Å². The molecule has 2 heterocycles. The molecule has 0 bridgehead atoms. The van der Waals surface area contributed by atoms with E-state index in [9.17, 15) is 24.0 Å².